The van der Waals surface area contributed by atoms with Crippen molar-refractivity contribution in [1.29, 1.82) is 0 Å². The zero-order chi connectivity index (χ0) is 0. The van der Waals surface area contributed by atoms with E-state index in [-0.39, 0.29) is 84.8 Å². The van der Waals surface area contributed by atoms with Crippen LogP contribution < -0.4 is 0 Å². The van der Waals surface area contributed by atoms with E-state index in [9.17, 15) is 0 Å². The molecule has 0 heterocycles. The standard InChI is InChI=1S/Bi.Cu.Mn.Sb.6H. The van der Waals surface area contributed by atoms with Crippen molar-refractivity contribution in [2.45, 2.75) is 0 Å². The van der Waals surface area contributed by atoms with Crippen molar-refractivity contribution in [3.05, 3.63) is 0 Å². The molecule has 34 valence electrons. The Morgan fingerprint density at radius 1 is 1.00 bits per heavy atom. The summed E-state index contributed by atoms with van der Waals surface area (Å²) in [4.78, 5) is 0. The maximum absolute atomic E-state index is 0. The molecule has 0 amide bonds. The van der Waals surface area contributed by atoms with Gasteiger partial charge in [0.25, 0.3) is 0 Å². The van der Waals surface area contributed by atoms with Crippen molar-refractivity contribution in [2.75, 3.05) is 0 Å². The molecule has 4 heteroatoms. The molecule has 0 N–H and O–H groups in total. The van der Waals surface area contributed by atoms with Gasteiger partial charge in [0.15, 0.2) is 0 Å². The minimum absolute atomic E-state index is 0. The fraction of sp³-hybridized carbons (Fsp3) is 0. The van der Waals surface area contributed by atoms with Crippen LogP contribution in [0.15, 0.2) is 0 Å². The molecule has 0 aromatic heterocycles. The SMILES string of the molecule is [BiH3].[Cu].[Mn].[SbH3]. The zero-order valence-corrected chi connectivity index (χ0v) is 13.7. The molecule has 0 aromatic carbocycles. The number of hydrogen-bond acceptors (Lipinski definition) is 0. The molecule has 0 saturated heterocycles. The van der Waals surface area contributed by atoms with E-state index in [1.54, 1.807) is 0 Å². The summed E-state index contributed by atoms with van der Waals surface area (Å²) in [5.74, 6) is 0. The van der Waals surface area contributed by atoms with Crippen LogP contribution in [0, 0.1) is 0 Å². The van der Waals surface area contributed by atoms with E-state index in [0.29, 0.717) is 0 Å². The summed E-state index contributed by atoms with van der Waals surface area (Å²) in [6.45, 7) is 0. The van der Waals surface area contributed by atoms with Crippen molar-refractivity contribution in [3.8, 4) is 0 Å². The van der Waals surface area contributed by atoms with E-state index in [1.165, 1.54) is 0 Å². The van der Waals surface area contributed by atoms with Gasteiger partial charge in [-0.1, -0.05) is 0 Å². The average molecular weight is 455 g/mol. The number of rotatable bonds is 0. The second-order valence-corrected chi connectivity index (χ2v) is 0. The van der Waals surface area contributed by atoms with Gasteiger partial charge in [0, 0.05) is 34.1 Å². The van der Waals surface area contributed by atoms with E-state index < -0.39 is 0 Å². The molecule has 0 rings (SSSR count). The maximum atomic E-state index is 0. The van der Waals surface area contributed by atoms with Gasteiger partial charge in [0.1, 0.15) is 0 Å². The molecule has 0 nitrogen and oxygen atoms in total. The van der Waals surface area contributed by atoms with Gasteiger partial charge < -0.3 is 0 Å². The Bertz CT molecular complexity index is 8.00. The van der Waals surface area contributed by atoms with Crippen molar-refractivity contribution < 1.29 is 34.1 Å². The normalized spacial score (nSPS) is 0. The summed E-state index contributed by atoms with van der Waals surface area (Å²) < 4.78 is 0. The van der Waals surface area contributed by atoms with Crippen LogP contribution in [0.2, 0.25) is 0 Å². The molecular formula is H6BiCuMnSb. The van der Waals surface area contributed by atoms with Gasteiger partial charge in [-0.05, 0) is 0 Å². The molecule has 0 aromatic rings. The Hall–Kier alpha value is 2.74. The first-order valence-corrected chi connectivity index (χ1v) is 0. The molecule has 2 radical (unpaired) electrons. The summed E-state index contributed by atoms with van der Waals surface area (Å²) in [5.41, 5.74) is 0. The predicted molar refractivity (Wildman–Crippen MR) is 19.9 cm³/mol. The van der Waals surface area contributed by atoms with Crippen molar-refractivity contribution in [3.63, 3.8) is 0 Å². The third kappa shape index (κ3) is 8.83. The van der Waals surface area contributed by atoms with Crippen LogP contribution in [0.1, 0.15) is 0 Å². The third-order valence-electron chi connectivity index (χ3n) is 0. The van der Waals surface area contributed by atoms with E-state index in [1.807, 2.05) is 0 Å². The molecule has 4 heavy (non-hydrogen) atoms. The summed E-state index contributed by atoms with van der Waals surface area (Å²) in [6.07, 6.45) is 0. The summed E-state index contributed by atoms with van der Waals surface area (Å²) in [6, 6.07) is 0. The average Bonchev–Trinajstić information content (AvgIpc) is 0. The second-order valence-electron chi connectivity index (χ2n) is 0. The Labute approximate surface area is 83.4 Å². The van der Waals surface area contributed by atoms with E-state index in [2.05, 4.69) is 0 Å². The predicted octanol–water partition coefficient (Wildman–Crippen LogP) is -2.37. The topological polar surface area (TPSA) is 0 Å². The van der Waals surface area contributed by atoms with Crippen LogP contribution in [0.5, 0.6) is 0 Å². The molecule has 0 saturated carbocycles. The van der Waals surface area contributed by atoms with Crippen LogP contribution in [0.25, 0.3) is 0 Å². The minimum atomic E-state index is 0. The quantitative estimate of drug-likeness (QED) is 0.359. The Morgan fingerprint density at radius 2 is 1.00 bits per heavy atom. The first-order valence-electron chi connectivity index (χ1n) is 0. The third-order valence-corrected chi connectivity index (χ3v) is 0. The summed E-state index contributed by atoms with van der Waals surface area (Å²) in [5, 5.41) is 0. The van der Waals surface area contributed by atoms with Crippen LogP contribution in [0.4, 0.5) is 0 Å². The van der Waals surface area contributed by atoms with Gasteiger partial charge in [-0.3, -0.25) is 0 Å². The summed E-state index contributed by atoms with van der Waals surface area (Å²) in [7, 11) is 0. The van der Waals surface area contributed by atoms with E-state index in [4.69, 9.17) is 0 Å². The van der Waals surface area contributed by atoms with Crippen molar-refractivity contribution >= 4 is 50.6 Å². The van der Waals surface area contributed by atoms with Crippen LogP contribution >= 0.6 is 0 Å². The first-order chi connectivity index (χ1) is 0. The Kier molecular flexibility index (Phi) is 127. The fourth-order valence-electron chi connectivity index (χ4n) is 0. The molecule has 0 aliphatic carbocycles. The molecule has 0 bridgehead atoms. The molecular weight excluding hydrogens is 449 g/mol. The van der Waals surface area contributed by atoms with E-state index >= 15 is 0 Å². The van der Waals surface area contributed by atoms with Crippen LogP contribution in [-0.4, -0.2) is 50.6 Å². The Morgan fingerprint density at radius 3 is 1.00 bits per heavy atom. The molecule has 0 fully saturated rings. The first kappa shape index (κ1) is 29.6. The second kappa shape index (κ2) is 17.2. The molecule has 0 aliphatic heterocycles. The van der Waals surface area contributed by atoms with Gasteiger partial charge in [0.05, 0.1) is 0 Å². The molecule has 0 unspecified atom stereocenters. The monoisotopic (exact) mass is 454 g/mol. The van der Waals surface area contributed by atoms with Gasteiger partial charge >= 0.3 is 50.6 Å². The summed E-state index contributed by atoms with van der Waals surface area (Å²) >= 11 is 0. The molecule has 0 spiro atoms. The van der Waals surface area contributed by atoms with Gasteiger partial charge in [-0.25, -0.2) is 0 Å². The van der Waals surface area contributed by atoms with Gasteiger partial charge in [-0.2, -0.15) is 0 Å². The van der Waals surface area contributed by atoms with Gasteiger partial charge in [-0.15, -0.1) is 0 Å². The van der Waals surface area contributed by atoms with Crippen LogP contribution in [-0.2, 0) is 34.1 Å². The fourth-order valence-corrected chi connectivity index (χ4v) is 0. The number of hydrogen-bond donors (Lipinski definition) is 0. The molecule has 0 aliphatic rings. The van der Waals surface area contributed by atoms with Crippen LogP contribution in [0.3, 0.4) is 0 Å². The van der Waals surface area contributed by atoms with E-state index in [0.717, 1.165) is 0 Å². The van der Waals surface area contributed by atoms with Gasteiger partial charge in [0.2, 0.25) is 0 Å². The van der Waals surface area contributed by atoms with Crippen molar-refractivity contribution in [1.82, 2.24) is 0 Å². The molecule has 0 atom stereocenters. The Balaban J connectivity index is 0. The van der Waals surface area contributed by atoms with Crippen molar-refractivity contribution in [2.24, 2.45) is 0 Å². The zero-order valence-electron chi connectivity index (χ0n) is 2.09.